The summed E-state index contributed by atoms with van der Waals surface area (Å²) in [6.07, 6.45) is 0.875. The van der Waals surface area contributed by atoms with Crippen LogP contribution in [0.25, 0.3) is 0 Å². The molecule has 0 aliphatic carbocycles. The zero-order valence-electron chi connectivity index (χ0n) is 6.91. The molecule has 0 fully saturated rings. The first kappa shape index (κ1) is 22.7. The van der Waals surface area contributed by atoms with Crippen LogP contribution in [0, 0.1) is 30.6 Å². The third kappa shape index (κ3) is 58200. The molecule has 0 aliphatic heterocycles. The predicted molar refractivity (Wildman–Crippen MR) is 43.9 cm³/mol. The summed E-state index contributed by atoms with van der Waals surface area (Å²) in [5.41, 5.74) is 0. The Bertz CT molecular complexity index is 98.3. The standard InChI is InChI=1S/C3H8O.Mg.2NO3/c1-2-3-4;;2*2-1(3)4/h4H,2-3H2,1H3;;;/q;+2;2*-1. The van der Waals surface area contributed by atoms with Gasteiger partial charge in [-0.2, -0.15) is 0 Å². The number of hydrogen-bond donors (Lipinski definition) is 1. The molecule has 74 valence electrons. The van der Waals surface area contributed by atoms with E-state index in [2.05, 4.69) is 0 Å². The molecule has 9 nitrogen and oxygen atoms in total. The van der Waals surface area contributed by atoms with Gasteiger partial charge in [0.2, 0.25) is 0 Å². The molecule has 0 bridgehead atoms. The number of aliphatic hydroxyl groups is 1. The molecule has 0 unspecified atom stereocenters. The number of rotatable bonds is 1. The molecule has 1 N–H and O–H groups in total. The summed E-state index contributed by atoms with van der Waals surface area (Å²) in [5.74, 6) is 0. The molecule has 0 aromatic rings. The van der Waals surface area contributed by atoms with Gasteiger partial charge < -0.3 is 35.7 Å². The van der Waals surface area contributed by atoms with Crippen molar-refractivity contribution in [2.75, 3.05) is 6.61 Å². The maximum absolute atomic E-state index is 8.25. The van der Waals surface area contributed by atoms with Gasteiger partial charge in [-0.15, -0.1) is 0 Å². The average molecular weight is 208 g/mol. The van der Waals surface area contributed by atoms with E-state index in [0.29, 0.717) is 6.61 Å². The van der Waals surface area contributed by atoms with Crippen LogP contribution in [0.3, 0.4) is 0 Å². The maximum Gasteiger partial charge on any atom is 2.00 e. The fourth-order valence-corrected chi connectivity index (χ4v) is 0. The van der Waals surface area contributed by atoms with E-state index < -0.39 is 10.2 Å². The van der Waals surface area contributed by atoms with Gasteiger partial charge in [0.1, 0.15) is 0 Å². The van der Waals surface area contributed by atoms with Crippen molar-refractivity contribution in [2.45, 2.75) is 13.3 Å². The molecule has 0 spiro atoms. The van der Waals surface area contributed by atoms with Crippen molar-refractivity contribution < 1.29 is 15.3 Å². The zero-order chi connectivity index (χ0) is 10.6. The third-order valence-electron chi connectivity index (χ3n) is 0.224. The Morgan fingerprint density at radius 2 is 1.15 bits per heavy atom. The summed E-state index contributed by atoms with van der Waals surface area (Å²) in [6, 6.07) is 0. The van der Waals surface area contributed by atoms with Crippen LogP contribution in [0.4, 0.5) is 0 Å². The Hall–Kier alpha value is -0.874. The maximum atomic E-state index is 8.25. The van der Waals surface area contributed by atoms with E-state index in [1.165, 1.54) is 0 Å². The molecule has 0 aromatic heterocycles. The van der Waals surface area contributed by atoms with Crippen LogP contribution in [0.5, 0.6) is 0 Å². The van der Waals surface area contributed by atoms with E-state index in [4.69, 9.17) is 35.7 Å². The molecule has 0 saturated heterocycles. The number of nitrogens with zero attached hydrogens (tertiary/aromatic N) is 2. The molecular weight excluding hydrogens is 200 g/mol. The largest absolute Gasteiger partial charge is 2.00 e. The van der Waals surface area contributed by atoms with Gasteiger partial charge in [0.05, 0.1) is 10.2 Å². The van der Waals surface area contributed by atoms with Crippen molar-refractivity contribution in [1.82, 2.24) is 0 Å². The van der Waals surface area contributed by atoms with Gasteiger partial charge >= 0.3 is 23.1 Å². The number of hydrogen-bond acceptors (Lipinski definition) is 7. The van der Waals surface area contributed by atoms with E-state index in [-0.39, 0.29) is 23.1 Å². The quantitative estimate of drug-likeness (QED) is 0.347. The Kier molecular flexibility index (Phi) is 39.3. The molecule has 0 aliphatic rings. The first-order valence-electron chi connectivity index (χ1n) is 2.62. The fraction of sp³-hybridized carbons (Fsp3) is 1.00. The van der Waals surface area contributed by atoms with Crippen LogP contribution in [0.15, 0.2) is 0 Å². The van der Waals surface area contributed by atoms with Crippen LogP contribution < -0.4 is 0 Å². The van der Waals surface area contributed by atoms with Crippen LogP contribution >= 0.6 is 0 Å². The second-order valence-electron chi connectivity index (χ2n) is 1.17. The van der Waals surface area contributed by atoms with Crippen molar-refractivity contribution in [2.24, 2.45) is 0 Å². The van der Waals surface area contributed by atoms with Gasteiger partial charge in [0.25, 0.3) is 0 Å². The minimum atomic E-state index is -1.75. The van der Waals surface area contributed by atoms with Crippen molar-refractivity contribution >= 4 is 23.1 Å². The summed E-state index contributed by atoms with van der Waals surface area (Å²) < 4.78 is 0. The van der Waals surface area contributed by atoms with E-state index in [0.717, 1.165) is 6.42 Å². The molecule has 10 heteroatoms. The zero-order valence-corrected chi connectivity index (χ0v) is 8.33. The summed E-state index contributed by atoms with van der Waals surface area (Å²) in [5, 5.41) is 37.4. The smallest absolute Gasteiger partial charge is 0.396 e. The molecule has 0 aromatic carbocycles. The normalized spacial score (nSPS) is 6.00. The predicted octanol–water partition coefficient (Wildman–Crippen LogP) is -0.470. The summed E-state index contributed by atoms with van der Waals surface area (Å²) in [7, 11) is 0. The van der Waals surface area contributed by atoms with Gasteiger partial charge in [0, 0.05) is 6.61 Å². The fourth-order valence-electron chi connectivity index (χ4n) is 0. The molecule has 0 rings (SSSR count). The van der Waals surface area contributed by atoms with E-state index in [9.17, 15) is 0 Å². The summed E-state index contributed by atoms with van der Waals surface area (Å²) in [4.78, 5) is 16.5. The van der Waals surface area contributed by atoms with Gasteiger partial charge in [-0.05, 0) is 6.42 Å². The molecule has 13 heavy (non-hydrogen) atoms. The van der Waals surface area contributed by atoms with Gasteiger partial charge in [-0.25, -0.2) is 0 Å². The average Bonchev–Trinajstić information content (AvgIpc) is 1.85. The van der Waals surface area contributed by atoms with Crippen molar-refractivity contribution in [3.8, 4) is 0 Å². The third-order valence-corrected chi connectivity index (χ3v) is 0.224. The van der Waals surface area contributed by atoms with Gasteiger partial charge in [0.15, 0.2) is 0 Å². The van der Waals surface area contributed by atoms with Gasteiger partial charge in [-0.3, -0.25) is 0 Å². The monoisotopic (exact) mass is 208 g/mol. The Balaban J connectivity index is -0.0000000450. The first-order valence-corrected chi connectivity index (χ1v) is 2.62. The second kappa shape index (κ2) is 22.5. The van der Waals surface area contributed by atoms with E-state index in [1.807, 2.05) is 6.92 Å². The molecule has 0 atom stereocenters. The van der Waals surface area contributed by atoms with Crippen LogP contribution in [-0.4, -0.2) is 44.9 Å². The summed E-state index contributed by atoms with van der Waals surface area (Å²) >= 11 is 0. The van der Waals surface area contributed by atoms with Crippen LogP contribution in [-0.2, 0) is 0 Å². The molecule has 0 radical (unpaired) electrons. The van der Waals surface area contributed by atoms with E-state index in [1.54, 1.807) is 0 Å². The van der Waals surface area contributed by atoms with Crippen LogP contribution in [0.2, 0.25) is 0 Å². The van der Waals surface area contributed by atoms with E-state index >= 15 is 0 Å². The van der Waals surface area contributed by atoms with Crippen molar-refractivity contribution in [3.63, 3.8) is 0 Å². The molecule has 0 saturated carbocycles. The van der Waals surface area contributed by atoms with Crippen molar-refractivity contribution in [3.05, 3.63) is 30.6 Å². The molecule has 0 amide bonds. The first-order chi connectivity index (χ1) is 5.38. The Morgan fingerprint density at radius 3 is 1.15 bits per heavy atom. The summed E-state index contributed by atoms with van der Waals surface area (Å²) in [6.45, 7) is 2.25. The SMILES string of the molecule is CCCO.O=[N+]([O-])[O-].O=[N+]([O-])[O-].[Mg+2]. The minimum Gasteiger partial charge on any atom is -0.396 e. The Labute approximate surface area is 89.3 Å². The van der Waals surface area contributed by atoms with Crippen LogP contribution in [0.1, 0.15) is 13.3 Å². The molecule has 0 heterocycles. The molecular formula is C3H8MgN2O7. The topological polar surface area (TPSA) is 153 Å². The van der Waals surface area contributed by atoms with Gasteiger partial charge in [-0.1, -0.05) is 6.92 Å². The number of aliphatic hydroxyl groups excluding tert-OH is 1. The van der Waals surface area contributed by atoms with Crippen molar-refractivity contribution in [1.29, 1.82) is 0 Å². The Morgan fingerprint density at radius 1 is 1.08 bits per heavy atom. The minimum absolute atomic E-state index is 0. The second-order valence-corrected chi connectivity index (χ2v) is 1.17.